The Kier molecular flexibility index (Phi) is 4.16. The van der Waals surface area contributed by atoms with Crippen LogP contribution in [0.4, 0.5) is 4.39 Å². The summed E-state index contributed by atoms with van der Waals surface area (Å²) in [5.74, 6) is -0.798. The minimum atomic E-state index is -0.759. The summed E-state index contributed by atoms with van der Waals surface area (Å²) in [6.07, 6.45) is 0.983. The molecule has 1 aliphatic heterocycles. The molecule has 1 aromatic rings. The summed E-state index contributed by atoms with van der Waals surface area (Å²) in [5, 5.41) is 6.58. The summed E-state index contributed by atoms with van der Waals surface area (Å²) in [4.78, 5) is 16.7. The average molecular weight is 283 g/mol. The number of halogens is 2. The van der Waals surface area contributed by atoms with Gasteiger partial charge < -0.3 is 10.2 Å². The van der Waals surface area contributed by atoms with Crippen molar-refractivity contribution in [2.45, 2.75) is 12.5 Å². The Morgan fingerprint density at radius 3 is 3.16 bits per heavy atom. The number of nitrogens with zero attached hydrogens (tertiary/aromatic N) is 1. The van der Waals surface area contributed by atoms with E-state index in [1.165, 1.54) is 12.1 Å². The molecule has 0 saturated carbocycles. The highest BCUT2D eigenvalue weighted by molar-refractivity contribution is 6.34. The van der Waals surface area contributed by atoms with Gasteiger partial charge in [-0.2, -0.15) is 0 Å². The fraction of sp³-hybridized carbons (Fsp3) is 0.231. The van der Waals surface area contributed by atoms with Crippen LogP contribution in [0.5, 0.6) is 0 Å². The van der Waals surface area contributed by atoms with Gasteiger partial charge in [-0.3, -0.25) is 4.79 Å². The maximum atomic E-state index is 13.7. The van der Waals surface area contributed by atoms with Gasteiger partial charge >= 0.3 is 0 Å². The zero-order valence-electron chi connectivity index (χ0n) is 10.0. The van der Waals surface area contributed by atoms with Crippen LogP contribution in [0.1, 0.15) is 12.0 Å². The van der Waals surface area contributed by atoms with E-state index in [1.54, 1.807) is 12.1 Å². The van der Waals surface area contributed by atoms with Crippen molar-refractivity contribution >= 4 is 23.2 Å². The Labute approximate surface area is 114 Å². The van der Waals surface area contributed by atoms with E-state index in [2.05, 4.69) is 17.1 Å². The number of oxime groups is 1. The molecule has 1 amide bonds. The highest BCUT2D eigenvalue weighted by Crippen LogP contribution is 2.25. The van der Waals surface area contributed by atoms with Gasteiger partial charge in [0.25, 0.3) is 5.91 Å². The molecule has 0 aliphatic carbocycles. The van der Waals surface area contributed by atoms with E-state index < -0.39 is 11.9 Å². The lowest BCUT2D eigenvalue weighted by Crippen LogP contribution is -2.34. The molecule has 2 rings (SSSR count). The number of carbonyl (C=O) groups excluding carboxylic acids is 1. The van der Waals surface area contributed by atoms with Crippen molar-refractivity contribution in [2.24, 2.45) is 5.16 Å². The van der Waals surface area contributed by atoms with Crippen LogP contribution in [0, 0.1) is 5.82 Å². The van der Waals surface area contributed by atoms with Gasteiger partial charge in [0.2, 0.25) is 6.10 Å². The number of hydrogen-bond donors (Lipinski definition) is 1. The highest BCUT2D eigenvalue weighted by atomic mass is 35.5. The number of benzene rings is 1. The Morgan fingerprint density at radius 1 is 1.68 bits per heavy atom. The van der Waals surface area contributed by atoms with Crippen LogP contribution in [0.3, 0.4) is 0 Å². The van der Waals surface area contributed by atoms with Crippen LogP contribution in [0.15, 0.2) is 36.0 Å². The minimum Gasteiger partial charge on any atom is -0.382 e. The first-order chi connectivity index (χ1) is 9.13. The van der Waals surface area contributed by atoms with E-state index >= 15 is 0 Å². The van der Waals surface area contributed by atoms with E-state index in [4.69, 9.17) is 16.4 Å². The topological polar surface area (TPSA) is 50.7 Å². The van der Waals surface area contributed by atoms with Crippen molar-refractivity contribution in [1.82, 2.24) is 5.32 Å². The molecular weight excluding hydrogens is 271 g/mol. The third-order valence-electron chi connectivity index (χ3n) is 2.63. The van der Waals surface area contributed by atoms with E-state index in [1.807, 2.05) is 0 Å². The molecule has 0 aromatic heterocycles. The van der Waals surface area contributed by atoms with Gasteiger partial charge in [-0.25, -0.2) is 4.39 Å². The second-order valence-electron chi connectivity index (χ2n) is 3.97. The van der Waals surface area contributed by atoms with Gasteiger partial charge in [-0.1, -0.05) is 28.9 Å². The summed E-state index contributed by atoms with van der Waals surface area (Å²) in [7, 11) is 0. The first-order valence-electron chi connectivity index (χ1n) is 5.69. The van der Waals surface area contributed by atoms with Crippen molar-refractivity contribution in [2.75, 3.05) is 6.54 Å². The fourth-order valence-corrected chi connectivity index (χ4v) is 2.00. The molecular formula is C13H12ClFN2O2. The number of nitrogens with one attached hydrogen (secondary N) is 1. The van der Waals surface area contributed by atoms with Crippen molar-refractivity contribution in [1.29, 1.82) is 0 Å². The first-order valence-corrected chi connectivity index (χ1v) is 6.07. The molecule has 1 aromatic carbocycles. The molecule has 100 valence electrons. The highest BCUT2D eigenvalue weighted by Gasteiger charge is 2.30. The Morgan fingerprint density at radius 2 is 2.47 bits per heavy atom. The van der Waals surface area contributed by atoms with E-state index in [0.29, 0.717) is 12.3 Å². The predicted molar refractivity (Wildman–Crippen MR) is 70.6 cm³/mol. The zero-order chi connectivity index (χ0) is 13.8. The van der Waals surface area contributed by atoms with Crippen molar-refractivity contribution in [3.8, 4) is 0 Å². The molecule has 19 heavy (non-hydrogen) atoms. The molecule has 1 aliphatic rings. The second kappa shape index (κ2) is 5.84. The largest absolute Gasteiger partial charge is 0.382 e. The molecule has 1 heterocycles. The van der Waals surface area contributed by atoms with Gasteiger partial charge in [0.1, 0.15) is 5.82 Å². The molecule has 0 unspecified atom stereocenters. The molecule has 4 nitrogen and oxygen atoms in total. The van der Waals surface area contributed by atoms with Crippen molar-refractivity contribution < 1.29 is 14.0 Å². The molecule has 0 saturated heterocycles. The maximum Gasteiger partial charge on any atom is 0.264 e. The van der Waals surface area contributed by atoms with Crippen LogP contribution >= 0.6 is 11.6 Å². The number of amides is 1. The third kappa shape index (κ3) is 2.93. The first kappa shape index (κ1) is 13.5. The summed E-state index contributed by atoms with van der Waals surface area (Å²) < 4.78 is 13.7. The van der Waals surface area contributed by atoms with Crippen LogP contribution in [-0.4, -0.2) is 24.3 Å². The van der Waals surface area contributed by atoms with Gasteiger partial charge in [0, 0.05) is 13.0 Å². The quantitative estimate of drug-likeness (QED) is 0.862. The lowest BCUT2D eigenvalue weighted by atomic mass is 10.0. The van der Waals surface area contributed by atoms with Gasteiger partial charge in [-0.15, -0.1) is 6.58 Å². The van der Waals surface area contributed by atoms with E-state index in [9.17, 15) is 9.18 Å². The zero-order valence-corrected chi connectivity index (χ0v) is 10.8. The van der Waals surface area contributed by atoms with Gasteiger partial charge in [0.15, 0.2) is 0 Å². The smallest absolute Gasteiger partial charge is 0.264 e. The summed E-state index contributed by atoms with van der Waals surface area (Å²) in [5.41, 5.74) is 0.519. The molecule has 1 N–H and O–H groups in total. The minimum absolute atomic E-state index is 0.184. The van der Waals surface area contributed by atoms with Gasteiger partial charge in [0.05, 0.1) is 16.3 Å². The lowest BCUT2D eigenvalue weighted by Gasteiger charge is -2.07. The fourth-order valence-electron chi connectivity index (χ4n) is 1.73. The third-order valence-corrected chi connectivity index (χ3v) is 2.95. The standard InChI is InChI=1S/C13H12ClFN2O2/c1-2-6-16-13(18)11-7-10(17-19-11)12-8(14)4-3-5-9(12)15/h2-5,11H,1,6-7H2,(H,16,18)/t11-/m1/s1. The second-order valence-corrected chi connectivity index (χ2v) is 4.37. The predicted octanol–water partition coefficient (Wildman–Crippen LogP) is 2.27. The van der Waals surface area contributed by atoms with Crippen LogP contribution in [0.25, 0.3) is 0 Å². The average Bonchev–Trinajstić information content (AvgIpc) is 2.85. The number of hydrogen-bond acceptors (Lipinski definition) is 3. The van der Waals surface area contributed by atoms with Crippen molar-refractivity contribution in [3.63, 3.8) is 0 Å². The Bertz CT molecular complexity index is 525. The van der Waals surface area contributed by atoms with Crippen LogP contribution in [0.2, 0.25) is 5.02 Å². The normalized spacial score (nSPS) is 17.6. The molecule has 0 bridgehead atoms. The molecule has 0 fully saturated rings. The summed E-state index contributed by atoms with van der Waals surface area (Å²) in [6, 6.07) is 4.36. The Balaban J connectivity index is 2.10. The SMILES string of the molecule is C=CCNC(=O)[C@H]1CC(c2c(F)cccc2Cl)=NO1. The maximum absolute atomic E-state index is 13.7. The van der Waals surface area contributed by atoms with E-state index in [0.717, 1.165) is 0 Å². The molecule has 1 atom stereocenters. The molecule has 0 radical (unpaired) electrons. The van der Waals surface area contributed by atoms with Crippen LogP contribution < -0.4 is 5.32 Å². The molecule has 6 heteroatoms. The number of carbonyl (C=O) groups is 1. The number of rotatable bonds is 4. The summed E-state index contributed by atoms with van der Waals surface area (Å²) in [6.45, 7) is 3.84. The van der Waals surface area contributed by atoms with Crippen LogP contribution in [-0.2, 0) is 9.63 Å². The Hall–Kier alpha value is -1.88. The molecule has 0 spiro atoms. The summed E-state index contributed by atoms with van der Waals surface area (Å²) >= 11 is 5.93. The lowest BCUT2D eigenvalue weighted by molar-refractivity contribution is -0.130. The van der Waals surface area contributed by atoms with Crippen molar-refractivity contribution in [3.05, 3.63) is 47.3 Å². The van der Waals surface area contributed by atoms with E-state index in [-0.39, 0.29) is 22.9 Å². The monoisotopic (exact) mass is 282 g/mol. The van der Waals surface area contributed by atoms with Gasteiger partial charge in [-0.05, 0) is 12.1 Å².